The number of amides is 1. The van der Waals surface area contributed by atoms with E-state index in [1.807, 2.05) is 17.0 Å². The minimum atomic E-state index is -3.23. The summed E-state index contributed by atoms with van der Waals surface area (Å²) >= 11 is 0. The molecule has 7 heteroatoms. The fourth-order valence-electron chi connectivity index (χ4n) is 3.14. The normalized spacial score (nSPS) is 22.7. The van der Waals surface area contributed by atoms with Crippen LogP contribution in [0.3, 0.4) is 0 Å². The van der Waals surface area contributed by atoms with E-state index >= 15 is 0 Å². The Kier molecular flexibility index (Phi) is 4.68. The predicted octanol–water partition coefficient (Wildman–Crippen LogP) is 1.24. The van der Waals surface area contributed by atoms with Crippen LogP contribution in [0.4, 0.5) is 0 Å². The van der Waals surface area contributed by atoms with E-state index in [0.717, 1.165) is 31.2 Å². The van der Waals surface area contributed by atoms with Crippen LogP contribution >= 0.6 is 0 Å². The monoisotopic (exact) mass is 337 g/mol. The van der Waals surface area contributed by atoms with E-state index in [0.29, 0.717) is 25.7 Å². The number of hydrogen-bond acceptors (Lipinski definition) is 4. The zero-order chi connectivity index (χ0) is 16.4. The summed E-state index contributed by atoms with van der Waals surface area (Å²) in [5, 5.41) is 0. The van der Waals surface area contributed by atoms with Gasteiger partial charge in [0.25, 0.3) is 0 Å². The van der Waals surface area contributed by atoms with Crippen molar-refractivity contribution in [2.45, 2.75) is 38.3 Å². The Hall–Kier alpha value is -1.47. The van der Waals surface area contributed by atoms with Gasteiger partial charge in [-0.15, -0.1) is 0 Å². The van der Waals surface area contributed by atoms with Gasteiger partial charge in [-0.2, -0.15) is 0 Å². The number of carbonyl (C=O) groups excluding carboxylic acids is 1. The van der Waals surface area contributed by atoms with Gasteiger partial charge in [0.2, 0.25) is 15.9 Å². The number of sulfonamides is 1. The highest BCUT2D eigenvalue weighted by molar-refractivity contribution is 7.88. The molecule has 3 rings (SSSR count). The SMILES string of the molecule is CS(=O)(=O)N1CCC[C@H](C(=O)N(Cc2cccnc2)C2CC2)C1. The number of rotatable bonds is 5. The van der Waals surface area contributed by atoms with Gasteiger partial charge in [0, 0.05) is 38.1 Å². The van der Waals surface area contributed by atoms with Gasteiger partial charge >= 0.3 is 0 Å². The Bertz CT molecular complexity index is 658. The topological polar surface area (TPSA) is 70.6 Å². The second kappa shape index (κ2) is 6.57. The van der Waals surface area contributed by atoms with Crippen molar-refractivity contribution in [2.24, 2.45) is 5.92 Å². The molecule has 0 radical (unpaired) electrons. The average molecular weight is 337 g/mol. The molecule has 1 aliphatic carbocycles. The molecule has 0 spiro atoms. The molecule has 2 fully saturated rings. The van der Waals surface area contributed by atoms with Crippen LogP contribution in [0.5, 0.6) is 0 Å². The molecule has 1 amide bonds. The highest BCUT2D eigenvalue weighted by Crippen LogP contribution is 2.31. The van der Waals surface area contributed by atoms with Gasteiger partial charge in [0.15, 0.2) is 0 Å². The molecule has 1 saturated carbocycles. The first-order chi connectivity index (χ1) is 10.9. The number of carbonyl (C=O) groups is 1. The Morgan fingerprint density at radius 3 is 2.78 bits per heavy atom. The van der Waals surface area contributed by atoms with E-state index in [2.05, 4.69) is 4.98 Å². The Balaban J connectivity index is 1.71. The van der Waals surface area contributed by atoms with Crippen LogP contribution in [0.2, 0.25) is 0 Å². The van der Waals surface area contributed by atoms with E-state index < -0.39 is 10.0 Å². The van der Waals surface area contributed by atoms with Crippen molar-refractivity contribution in [1.82, 2.24) is 14.2 Å². The summed E-state index contributed by atoms with van der Waals surface area (Å²) in [6.07, 6.45) is 8.30. The third kappa shape index (κ3) is 4.09. The number of pyridine rings is 1. The molecule has 2 aliphatic rings. The first-order valence-corrected chi connectivity index (χ1v) is 9.94. The predicted molar refractivity (Wildman–Crippen MR) is 86.9 cm³/mol. The maximum atomic E-state index is 12.9. The first kappa shape index (κ1) is 16.4. The zero-order valence-corrected chi connectivity index (χ0v) is 14.2. The van der Waals surface area contributed by atoms with Crippen LogP contribution in [0.15, 0.2) is 24.5 Å². The summed E-state index contributed by atoms with van der Waals surface area (Å²) in [4.78, 5) is 19.0. The van der Waals surface area contributed by atoms with Gasteiger partial charge in [-0.25, -0.2) is 12.7 Å². The first-order valence-electron chi connectivity index (χ1n) is 8.09. The van der Waals surface area contributed by atoms with E-state index in [1.165, 1.54) is 10.6 Å². The summed E-state index contributed by atoms with van der Waals surface area (Å²) in [6.45, 7) is 1.40. The number of piperidine rings is 1. The molecule has 1 saturated heterocycles. The smallest absolute Gasteiger partial charge is 0.227 e. The molecule has 1 aromatic heterocycles. The molecule has 1 aliphatic heterocycles. The minimum absolute atomic E-state index is 0.0877. The lowest BCUT2D eigenvalue weighted by molar-refractivity contribution is -0.138. The van der Waals surface area contributed by atoms with Crippen LogP contribution in [0, 0.1) is 5.92 Å². The lowest BCUT2D eigenvalue weighted by Crippen LogP contribution is -2.46. The minimum Gasteiger partial charge on any atom is -0.335 e. The molecule has 1 aromatic rings. The summed E-state index contributed by atoms with van der Waals surface area (Å²) in [5.41, 5.74) is 1.02. The van der Waals surface area contributed by atoms with Gasteiger partial charge in [-0.1, -0.05) is 6.07 Å². The van der Waals surface area contributed by atoms with Gasteiger partial charge in [0.1, 0.15) is 0 Å². The van der Waals surface area contributed by atoms with Crippen molar-refractivity contribution in [2.75, 3.05) is 19.3 Å². The molecule has 126 valence electrons. The Morgan fingerprint density at radius 2 is 2.17 bits per heavy atom. The highest BCUT2D eigenvalue weighted by atomic mass is 32.2. The van der Waals surface area contributed by atoms with Crippen molar-refractivity contribution >= 4 is 15.9 Å². The largest absolute Gasteiger partial charge is 0.335 e. The fraction of sp³-hybridized carbons (Fsp3) is 0.625. The van der Waals surface area contributed by atoms with Crippen molar-refractivity contribution in [3.63, 3.8) is 0 Å². The van der Waals surface area contributed by atoms with E-state index in [9.17, 15) is 13.2 Å². The van der Waals surface area contributed by atoms with Gasteiger partial charge in [0.05, 0.1) is 12.2 Å². The molecular formula is C16H23N3O3S. The lowest BCUT2D eigenvalue weighted by atomic mass is 9.97. The number of aromatic nitrogens is 1. The van der Waals surface area contributed by atoms with Crippen LogP contribution in [0.1, 0.15) is 31.2 Å². The maximum Gasteiger partial charge on any atom is 0.227 e. The van der Waals surface area contributed by atoms with Crippen molar-refractivity contribution in [3.05, 3.63) is 30.1 Å². The summed E-state index contributed by atoms with van der Waals surface area (Å²) < 4.78 is 24.9. The zero-order valence-electron chi connectivity index (χ0n) is 13.4. The summed E-state index contributed by atoms with van der Waals surface area (Å²) in [7, 11) is -3.23. The molecule has 0 aromatic carbocycles. The van der Waals surface area contributed by atoms with Crippen molar-refractivity contribution in [1.29, 1.82) is 0 Å². The van der Waals surface area contributed by atoms with Crippen molar-refractivity contribution < 1.29 is 13.2 Å². The van der Waals surface area contributed by atoms with Gasteiger partial charge in [-0.05, 0) is 37.3 Å². The van der Waals surface area contributed by atoms with Crippen LogP contribution in [0.25, 0.3) is 0 Å². The molecule has 23 heavy (non-hydrogen) atoms. The van der Waals surface area contributed by atoms with E-state index in [1.54, 1.807) is 12.4 Å². The number of nitrogens with zero attached hydrogens (tertiary/aromatic N) is 3. The second-order valence-corrected chi connectivity index (χ2v) is 8.50. The maximum absolute atomic E-state index is 12.9. The molecule has 0 N–H and O–H groups in total. The molecule has 0 bridgehead atoms. The summed E-state index contributed by atoms with van der Waals surface area (Å²) in [5.74, 6) is -0.138. The lowest BCUT2D eigenvalue weighted by Gasteiger charge is -2.34. The second-order valence-electron chi connectivity index (χ2n) is 6.52. The quantitative estimate of drug-likeness (QED) is 0.811. The standard InChI is InChI=1S/C16H23N3O3S/c1-23(21,22)18-9-3-5-14(12-18)16(20)19(15-6-7-15)11-13-4-2-8-17-10-13/h2,4,8,10,14-15H,3,5-7,9,11-12H2,1H3/t14-/m0/s1. The third-order valence-corrected chi connectivity index (χ3v) is 5.82. The van der Waals surface area contributed by atoms with Crippen LogP contribution < -0.4 is 0 Å². The Morgan fingerprint density at radius 1 is 1.39 bits per heavy atom. The number of hydrogen-bond donors (Lipinski definition) is 0. The highest BCUT2D eigenvalue weighted by Gasteiger charge is 2.38. The molecular weight excluding hydrogens is 314 g/mol. The summed E-state index contributed by atoms with van der Waals surface area (Å²) in [6, 6.07) is 4.15. The molecule has 2 heterocycles. The third-order valence-electron chi connectivity index (χ3n) is 4.55. The van der Waals surface area contributed by atoms with E-state index in [4.69, 9.17) is 0 Å². The average Bonchev–Trinajstić information content (AvgIpc) is 3.37. The van der Waals surface area contributed by atoms with Crippen LogP contribution in [-0.4, -0.2) is 53.9 Å². The van der Waals surface area contributed by atoms with Crippen LogP contribution in [-0.2, 0) is 21.4 Å². The fourth-order valence-corrected chi connectivity index (χ4v) is 4.05. The van der Waals surface area contributed by atoms with Crippen molar-refractivity contribution in [3.8, 4) is 0 Å². The molecule has 0 unspecified atom stereocenters. The molecule has 1 atom stereocenters. The Labute approximate surface area is 137 Å². The van der Waals surface area contributed by atoms with Gasteiger partial charge in [-0.3, -0.25) is 9.78 Å². The molecule has 6 nitrogen and oxygen atoms in total. The van der Waals surface area contributed by atoms with Gasteiger partial charge < -0.3 is 4.90 Å². The van der Waals surface area contributed by atoms with E-state index in [-0.39, 0.29) is 11.8 Å².